The normalized spacial score (nSPS) is 12.2. The minimum atomic E-state index is -0.247. The van der Waals surface area contributed by atoms with Crippen LogP contribution in [0.25, 0.3) is 0 Å². The molecule has 0 radical (unpaired) electrons. The van der Waals surface area contributed by atoms with E-state index < -0.39 is 0 Å². The van der Waals surface area contributed by atoms with Crippen LogP contribution in [0.2, 0.25) is 5.15 Å². The van der Waals surface area contributed by atoms with Crippen molar-refractivity contribution in [1.29, 1.82) is 0 Å². The molecule has 1 aromatic carbocycles. The summed E-state index contributed by atoms with van der Waals surface area (Å²) in [6.45, 7) is 5.79. The van der Waals surface area contributed by atoms with Crippen LogP contribution in [0.15, 0.2) is 24.3 Å². The Kier molecular flexibility index (Phi) is 4.55. The van der Waals surface area contributed by atoms with Crippen LogP contribution in [0.3, 0.4) is 0 Å². The van der Waals surface area contributed by atoms with Gasteiger partial charge in [-0.15, -0.1) is 0 Å². The Morgan fingerprint density at radius 2 is 2.10 bits per heavy atom. The first-order chi connectivity index (χ1) is 9.51. The molecular weight excluding hydrogens is 277 g/mol. The van der Waals surface area contributed by atoms with Crippen molar-refractivity contribution in [3.8, 4) is 0 Å². The Morgan fingerprint density at radius 1 is 1.35 bits per heavy atom. The molecule has 0 aliphatic heterocycles. The number of hydrogen-bond acceptors (Lipinski definition) is 3. The molecule has 3 nitrogen and oxygen atoms in total. The third kappa shape index (κ3) is 3.25. The van der Waals surface area contributed by atoms with Gasteiger partial charge in [-0.25, -0.2) is 14.4 Å². The first kappa shape index (κ1) is 14.7. The number of halogens is 2. The van der Waals surface area contributed by atoms with Crippen LogP contribution >= 0.6 is 11.6 Å². The van der Waals surface area contributed by atoms with Crippen LogP contribution in [0.1, 0.15) is 36.8 Å². The van der Waals surface area contributed by atoms with E-state index in [0.29, 0.717) is 23.2 Å². The number of anilines is 1. The van der Waals surface area contributed by atoms with Gasteiger partial charge >= 0.3 is 0 Å². The van der Waals surface area contributed by atoms with Gasteiger partial charge in [0.1, 0.15) is 22.6 Å². The van der Waals surface area contributed by atoms with Gasteiger partial charge in [-0.05, 0) is 31.5 Å². The van der Waals surface area contributed by atoms with Crippen molar-refractivity contribution in [3.05, 3.63) is 52.2 Å². The standard InChI is InChI=1S/C15H17ClFN3/c1-4-13-19-14(16)9(2)15(20-13)18-10(3)11-6-5-7-12(17)8-11/h5-8,10H,4H2,1-3H3,(H,18,19,20). The maximum Gasteiger partial charge on any atom is 0.137 e. The molecule has 5 heteroatoms. The van der Waals surface area contributed by atoms with Gasteiger partial charge in [-0.3, -0.25) is 0 Å². The summed E-state index contributed by atoms with van der Waals surface area (Å²) in [5.74, 6) is 1.14. The molecule has 2 aromatic rings. The largest absolute Gasteiger partial charge is 0.363 e. The van der Waals surface area contributed by atoms with Crippen LogP contribution in [-0.4, -0.2) is 9.97 Å². The highest BCUT2D eigenvalue weighted by Gasteiger charge is 2.12. The lowest BCUT2D eigenvalue weighted by Crippen LogP contribution is -2.11. The fourth-order valence-corrected chi connectivity index (χ4v) is 2.08. The summed E-state index contributed by atoms with van der Waals surface area (Å²) in [4.78, 5) is 8.64. The zero-order valence-corrected chi connectivity index (χ0v) is 12.5. The highest BCUT2D eigenvalue weighted by Crippen LogP contribution is 2.24. The molecule has 0 bridgehead atoms. The van der Waals surface area contributed by atoms with Gasteiger partial charge in [0.05, 0.1) is 6.04 Å². The predicted molar refractivity (Wildman–Crippen MR) is 79.6 cm³/mol. The van der Waals surface area contributed by atoms with E-state index in [0.717, 1.165) is 11.1 Å². The van der Waals surface area contributed by atoms with Gasteiger partial charge in [0.25, 0.3) is 0 Å². The second kappa shape index (κ2) is 6.18. The molecule has 20 heavy (non-hydrogen) atoms. The van der Waals surface area contributed by atoms with E-state index in [9.17, 15) is 4.39 Å². The first-order valence-corrected chi connectivity index (χ1v) is 6.94. The number of nitrogens with one attached hydrogen (secondary N) is 1. The van der Waals surface area contributed by atoms with Gasteiger partial charge < -0.3 is 5.32 Å². The molecule has 2 rings (SSSR count). The summed E-state index contributed by atoms with van der Waals surface area (Å²) in [6, 6.07) is 6.44. The number of benzene rings is 1. The quantitative estimate of drug-likeness (QED) is 0.854. The Hall–Kier alpha value is -1.68. The Bertz CT molecular complexity index is 616. The second-order valence-electron chi connectivity index (χ2n) is 4.68. The van der Waals surface area contributed by atoms with E-state index in [1.54, 1.807) is 6.07 Å². The zero-order valence-electron chi connectivity index (χ0n) is 11.7. The van der Waals surface area contributed by atoms with Crippen molar-refractivity contribution in [3.63, 3.8) is 0 Å². The predicted octanol–water partition coefficient (Wildman–Crippen LogP) is 4.31. The summed E-state index contributed by atoms with van der Waals surface area (Å²) in [7, 11) is 0. The SMILES string of the molecule is CCc1nc(Cl)c(C)c(NC(C)c2cccc(F)c2)n1. The Balaban J connectivity index is 2.27. The van der Waals surface area contributed by atoms with Crippen LogP contribution in [0, 0.1) is 12.7 Å². The molecule has 1 N–H and O–H groups in total. The van der Waals surface area contributed by atoms with E-state index in [4.69, 9.17) is 11.6 Å². The fraction of sp³-hybridized carbons (Fsp3) is 0.333. The molecule has 1 heterocycles. The molecule has 0 saturated heterocycles. The van der Waals surface area contributed by atoms with Gasteiger partial charge in [0.15, 0.2) is 0 Å². The topological polar surface area (TPSA) is 37.8 Å². The number of aryl methyl sites for hydroxylation is 1. The van der Waals surface area contributed by atoms with Gasteiger partial charge in [0, 0.05) is 12.0 Å². The first-order valence-electron chi connectivity index (χ1n) is 6.56. The van der Waals surface area contributed by atoms with E-state index in [2.05, 4.69) is 15.3 Å². The van der Waals surface area contributed by atoms with Crippen LogP contribution in [-0.2, 0) is 6.42 Å². The molecule has 0 aliphatic carbocycles. The van der Waals surface area contributed by atoms with E-state index >= 15 is 0 Å². The van der Waals surface area contributed by atoms with E-state index in [1.807, 2.05) is 26.8 Å². The smallest absolute Gasteiger partial charge is 0.137 e. The molecular formula is C15H17ClFN3. The van der Waals surface area contributed by atoms with E-state index in [1.165, 1.54) is 12.1 Å². The monoisotopic (exact) mass is 293 g/mol. The Labute approximate surface area is 123 Å². The molecule has 1 unspecified atom stereocenters. The molecule has 0 fully saturated rings. The molecule has 1 aromatic heterocycles. The second-order valence-corrected chi connectivity index (χ2v) is 5.04. The summed E-state index contributed by atoms with van der Waals surface area (Å²) < 4.78 is 13.3. The third-order valence-electron chi connectivity index (χ3n) is 3.15. The summed E-state index contributed by atoms with van der Waals surface area (Å²) in [5.41, 5.74) is 1.66. The average molecular weight is 294 g/mol. The summed E-state index contributed by atoms with van der Waals surface area (Å²) in [6.07, 6.45) is 0.711. The average Bonchev–Trinajstić information content (AvgIpc) is 2.43. The van der Waals surface area contributed by atoms with Crippen molar-refractivity contribution in [2.45, 2.75) is 33.2 Å². The van der Waals surface area contributed by atoms with Crippen molar-refractivity contribution >= 4 is 17.4 Å². The van der Waals surface area contributed by atoms with Gasteiger partial charge in [0.2, 0.25) is 0 Å². The lowest BCUT2D eigenvalue weighted by Gasteiger charge is -2.17. The number of hydrogen-bond donors (Lipinski definition) is 1. The zero-order chi connectivity index (χ0) is 14.7. The van der Waals surface area contributed by atoms with Crippen LogP contribution < -0.4 is 5.32 Å². The lowest BCUT2D eigenvalue weighted by molar-refractivity contribution is 0.623. The molecule has 106 valence electrons. The molecule has 0 saturated carbocycles. The molecule has 0 spiro atoms. The lowest BCUT2D eigenvalue weighted by atomic mass is 10.1. The minimum Gasteiger partial charge on any atom is -0.363 e. The molecule has 0 aliphatic rings. The number of aromatic nitrogens is 2. The van der Waals surface area contributed by atoms with Crippen LogP contribution in [0.5, 0.6) is 0 Å². The van der Waals surface area contributed by atoms with Crippen molar-refractivity contribution in [1.82, 2.24) is 9.97 Å². The maximum atomic E-state index is 13.3. The van der Waals surface area contributed by atoms with Gasteiger partial charge in [-0.2, -0.15) is 0 Å². The highest BCUT2D eigenvalue weighted by molar-refractivity contribution is 6.30. The van der Waals surface area contributed by atoms with Gasteiger partial charge in [-0.1, -0.05) is 30.7 Å². The van der Waals surface area contributed by atoms with Crippen LogP contribution in [0.4, 0.5) is 10.2 Å². The number of rotatable bonds is 4. The summed E-state index contributed by atoms with van der Waals surface area (Å²) >= 11 is 6.10. The van der Waals surface area contributed by atoms with Crippen molar-refractivity contribution in [2.75, 3.05) is 5.32 Å². The molecule has 0 amide bonds. The highest BCUT2D eigenvalue weighted by atomic mass is 35.5. The number of nitrogens with zero attached hydrogens (tertiary/aromatic N) is 2. The summed E-state index contributed by atoms with van der Waals surface area (Å²) in [5, 5.41) is 3.72. The maximum absolute atomic E-state index is 13.3. The third-order valence-corrected chi connectivity index (χ3v) is 3.52. The van der Waals surface area contributed by atoms with E-state index in [-0.39, 0.29) is 11.9 Å². The Morgan fingerprint density at radius 3 is 2.75 bits per heavy atom. The molecule has 1 atom stereocenters. The van der Waals surface area contributed by atoms with Crippen molar-refractivity contribution in [2.24, 2.45) is 0 Å². The minimum absolute atomic E-state index is 0.0694. The van der Waals surface area contributed by atoms with Crippen molar-refractivity contribution < 1.29 is 4.39 Å². The fourth-order valence-electron chi connectivity index (χ4n) is 1.90.